The van der Waals surface area contributed by atoms with E-state index in [4.69, 9.17) is 5.73 Å². The van der Waals surface area contributed by atoms with E-state index in [-0.39, 0.29) is 5.56 Å². The van der Waals surface area contributed by atoms with Gasteiger partial charge in [0.15, 0.2) is 0 Å². The van der Waals surface area contributed by atoms with Crippen molar-refractivity contribution in [3.8, 4) is 5.69 Å². The lowest BCUT2D eigenvalue weighted by Crippen LogP contribution is -2.12. The molecule has 2 rings (SSSR count). The van der Waals surface area contributed by atoms with Crippen LogP contribution in [0.5, 0.6) is 0 Å². The minimum atomic E-state index is -0.0427. The van der Waals surface area contributed by atoms with E-state index in [0.29, 0.717) is 13.0 Å². The second kappa shape index (κ2) is 4.82. The molecule has 0 radical (unpaired) electrons. The van der Waals surface area contributed by atoms with Crippen molar-refractivity contribution in [3.05, 3.63) is 50.9 Å². The van der Waals surface area contributed by atoms with Crippen molar-refractivity contribution in [3.63, 3.8) is 0 Å². The molecule has 0 aliphatic carbocycles. The van der Waals surface area contributed by atoms with Crippen molar-refractivity contribution in [2.75, 3.05) is 6.54 Å². The minimum Gasteiger partial charge on any atom is -0.330 e. The topological polar surface area (TPSA) is 63.8 Å². The molecule has 0 aliphatic rings. The van der Waals surface area contributed by atoms with Gasteiger partial charge in [-0.15, -0.1) is 0 Å². The molecule has 1 heterocycles. The van der Waals surface area contributed by atoms with Crippen LogP contribution in [0.15, 0.2) is 23.0 Å². The van der Waals surface area contributed by atoms with E-state index in [1.54, 1.807) is 0 Å². The maximum absolute atomic E-state index is 11.9. The molecule has 0 saturated carbocycles. The third-order valence-corrected chi connectivity index (χ3v) is 3.47. The van der Waals surface area contributed by atoms with Crippen molar-refractivity contribution < 1.29 is 0 Å². The third kappa shape index (κ3) is 1.99. The Labute approximate surface area is 106 Å². The van der Waals surface area contributed by atoms with Gasteiger partial charge in [-0.2, -0.15) is 0 Å². The summed E-state index contributed by atoms with van der Waals surface area (Å²) in [5.41, 5.74) is 10.6. The van der Waals surface area contributed by atoms with Crippen molar-refractivity contribution in [2.45, 2.75) is 27.2 Å². The predicted octanol–water partition coefficient (Wildman–Crippen LogP) is 1.59. The Bertz CT molecular complexity index is 622. The van der Waals surface area contributed by atoms with E-state index in [2.05, 4.69) is 25.0 Å². The van der Waals surface area contributed by atoms with Crippen LogP contribution in [-0.4, -0.2) is 16.3 Å². The number of aromatic amines is 1. The van der Waals surface area contributed by atoms with Crippen LogP contribution < -0.4 is 11.3 Å². The summed E-state index contributed by atoms with van der Waals surface area (Å²) in [5.74, 6) is 0. The summed E-state index contributed by atoms with van der Waals surface area (Å²) in [7, 11) is 0. The van der Waals surface area contributed by atoms with Gasteiger partial charge in [0.25, 0.3) is 5.56 Å². The van der Waals surface area contributed by atoms with Crippen LogP contribution in [0.4, 0.5) is 0 Å². The summed E-state index contributed by atoms with van der Waals surface area (Å²) in [6, 6.07) is 6.08. The Balaban J connectivity index is 2.62. The molecule has 96 valence electrons. The first kappa shape index (κ1) is 12.6. The van der Waals surface area contributed by atoms with Crippen molar-refractivity contribution >= 4 is 0 Å². The molecule has 0 fully saturated rings. The number of H-pyrrole nitrogens is 1. The van der Waals surface area contributed by atoms with Gasteiger partial charge < -0.3 is 5.73 Å². The van der Waals surface area contributed by atoms with Crippen LogP contribution in [0, 0.1) is 20.8 Å². The quantitative estimate of drug-likeness (QED) is 0.862. The Hall–Kier alpha value is -1.81. The molecule has 0 aliphatic heterocycles. The van der Waals surface area contributed by atoms with E-state index in [1.807, 2.05) is 23.7 Å². The summed E-state index contributed by atoms with van der Waals surface area (Å²) < 4.78 is 1.86. The molecule has 3 N–H and O–H groups in total. The lowest BCUT2D eigenvalue weighted by molar-refractivity contribution is 0.824. The van der Waals surface area contributed by atoms with E-state index in [1.165, 1.54) is 11.1 Å². The number of nitrogens with two attached hydrogens (primary N) is 1. The fraction of sp³-hybridized carbons (Fsp3) is 0.357. The zero-order valence-corrected chi connectivity index (χ0v) is 11.1. The molecule has 1 aromatic carbocycles. The molecule has 4 heteroatoms. The van der Waals surface area contributed by atoms with Crippen LogP contribution >= 0.6 is 0 Å². The van der Waals surface area contributed by atoms with Gasteiger partial charge in [-0.05, 0) is 50.9 Å². The Kier molecular flexibility index (Phi) is 3.39. The highest BCUT2D eigenvalue weighted by Gasteiger charge is 2.13. The van der Waals surface area contributed by atoms with Crippen LogP contribution in [0.2, 0.25) is 0 Å². The van der Waals surface area contributed by atoms with E-state index in [9.17, 15) is 4.79 Å². The first-order valence-corrected chi connectivity index (χ1v) is 6.13. The SMILES string of the molecule is Cc1cccc(-n2[nH]c(=O)c(CCN)c2C)c1C. The van der Waals surface area contributed by atoms with Gasteiger partial charge in [-0.1, -0.05) is 12.1 Å². The maximum Gasteiger partial charge on any atom is 0.267 e. The van der Waals surface area contributed by atoms with Gasteiger partial charge in [0.1, 0.15) is 0 Å². The van der Waals surface area contributed by atoms with Crippen molar-refractivity contribution in [1.82, 2.24) is 9.78 Å². The lowest BCUT2D eigenvalue weighted by Gasteiger charge is -2.11. The number of hydrogen-bond acceptors (Lipinski definition) is 2. The number of nitrogens with one attached hydrogen (secondary N) is 1. The molecular weight excluding hydrogens is 226 g/mol. The molecule has 2 aromatic rings. The van der Waals surface area contributed by atoms with Crippen LogP contribution in [0.25, 0.3) is 5.69 Å². The van der Waals surface area contributed by atoms with Crippen LogP contribution in [0.3, 0.4) is 0 Å². The number of aryl methyl sites for hydroxylation is 1. The Morgan fingerprint density at radius 2 is 2.00 bits per heavy atom. The van der Waals surface area contributed by atoms with Gasteiger partial charge >= 0.3 is 0 Å². The van der Waals surface area contributed by atoms with E-state index in [0.717, 1.165) is 16.9 Å². The molecule has 0 amide bonds. The van der Waals surface area contributed by atoms with Crippen LogP contribution in [-0.2, 0) is 6.42 Å². The van der Waals surface area contributed by atoms with Crippen LogP contribution in [0.1, 0.15) is 22.4 Å². The zero-order chi connectivity index (χ0) is 13.3. The lowest BCUT2D eigenvalue weighted by atomic mass is 10.1. The number of benzene rings is 1. The minimum absolute atomic E-state index is 0.0427. The fourth-order valence-electron chi connectivity index (χ4n) is 2.21. The molecule has 0 bridgehead atoms. The average molecular weight is 245 g/mol. The Morgan fingerprint density at radius 3 is 2.67 bits per heavy atom. The molecule has 18 heavy (non-hydrogen) atoms. The van der Waals surface area contributed by atoms with E-state index < -0.39 is 0 Å². The highest BCUT2D eigenvalue weighted by Crippen LogP contribution is 2.18. The predicted molar refractivity (Wildman–Crippen MR) is 73.4 cm³/mol. The van der Waals surface area contributed by atoms with Gasteiger partial charge in [-0.3, -0.25) is 14.6 Å². The van der Waals surface area contributed by atoms with Crippen molar-refractivity contribution in [1.29, 1.82) is 0 Å². The number of aromatic nitrogens is 2. The normalized spacial score (nSPS) is 10.9. The third-order valence-electron chi connectivity index (χ3n) is 3.47. The highest BCUT2D eigenvalue weighted by molar-refractivity contribution is 5.45. The highest BCUT2D eigenvalue weighted by atomic mass is 16.1. The summed E-state index contributed by atoms with van der Waals surface area (Å²) in [4.78, 5) is 11.9. The number of hydrogen-bond donors (Lipinski definition) is 2. The molecule has 1 aromatic heterocycles. The second-order valence-electron chi connectivity index (χ2n) is 4.60. The maximum atomic E-state index is 11.9. The molecule has 4 nitrogen and oxygen atoms in total. The zero-order valence-electron chi connectivity index (χ0n) is 11.1. The summed E-state index contributed by atoms with van der Waals surface area (Å²) in [6.07, 6.45) is 0.610. The van der Waals surface area contributed by atoms with Gasteiger partial charge in [0.05, 0.1) is 5.69 Å². The largest absolute Gasteiger partial charge is 0.330 e. The van der Waals surface area contributed by atoms with Gasteiger partial charge in [0.2, 0.25) is 0 Å². The molecule has 0 spiro atoms. The van der Waals surface area contributed by atoms with E-state index >= 15 is 0 Å². The first-order chi connectivity index (χ1) is 8.56. The number of rotatable bonds is 3. The molecular formula is C14H19N3O. The standard InChI is InChI=1S/C14H19N3O/c1-9-5-4-6-13(10(9)2)17-11(3)12(7-8-15)14(18)16-17/h4-6H,7-8,15H2,1-3H3,(H,16,18). The summed E-state index contributed by atoms with van der Waals surface area (Å²) in [5, 5.41) is 2.89. The molecule has 0 unspecified atom stereocenters. The Morgan fingerprint density at radius 1 is 1.28 bits per heavy atom. The monoisotopic (exact) mass is 245 g/mol. The molecule has 0 saturated heterocycles. The fourth-order valence-corrected chi connectivity index (χ4v) is 2.21. The molecule has 0 atom stereocenters. The van der Waals surface area contributed by atoms with Gasteiger partial charge in [-0.25, -0.2) is 0 Å². The number of nitrogens with zero attached hydrogens (tertiary/aromatic N) is 1. The summed E-state index contributed by atoms with van der Waals surface area (Å²) >= 11 is 0. The first-order valence-electron chi connectivity index (χ1n) is 6.13. The smallest absolute Gasteiger partial charge is 0.267 e. The second-order valence-corrected chi connectivity index (χ2v) is 4.60. The average Bonchev–Trinajstić information content (AvgIpc) is 2.61. The summed E-state index contributed by atoms with van der Waals surface area (Å²) in [6.45, 7) is 6.56. The van der Waals surface area contributed by atoms with Gasteiger partial charge in [0, 0.05) is 11.3 Å². The van der Waals surface area contributed by atoms with Crippen molar-refractivity contribution in [2.24, 2.45) is 5.73 Å².